The van der Waals surface area contributed by atoms with Gasteiger partial charge < -0.3 is 9.47 Å². The number of rotatable bonds is 4. The molecule has 22 heavy (non-hydrogen) atoms. The van der Waals surface area contributed by atoms with Gasteiger partial charge in [0.1, 0.15) is 0 Å². The molecule has 0 aromatic rings. The second kappa shape index (κ2) is 5.61. The molecule has 0 aromatic heterocycles. The summed E-state index contributed by atoms with van der Waals surface area (Å²) in [7, 11) is 0. The molecule has 0 saturated heterocycles. The van der Waals surface area contributed by atoms with Crippen molar-refractivity contribution in [3.05, 3.63) is 0 Å². The van der Waals surface area contributed by atoms with Gasteiger partial charge in [-0.15, -0.1) is 0 Å². The lowest BCUT2D eigenvalue weighted by molar-refractivity contribution is -0.155. The average molecular weight is 304 g/mol. The Labute approximate surface area is 130 Å². The lowest BCUT2D eigenvalue weighted by atomic mass is 9.78. The van der Waals surface area contributed by atoms with Gasteiger partial charge in [-0.05, 0) is 26.7 Å². The van der Waals surface area contributed by atoms with E-state index in [1.807, 2.05) is 12.1 Å². The predicted octanol–water partition coefficient (Wildman–Crippen LogP) is 2.10. The fourth-order valence-corrected chi connectivity index (χ4v) is 4.25. The summed E-state index contributed by atoms with van der Waals surface area (Å²) in [5.41, 5.74) is -4.45. The van der Waals surface area contributed by atoms with Gasteiger partial charge in [0.2, 0.25) is 0 Å². The molecule has 6 heteroatoms. The Morgan fingerprint density at radius 3 is 1.64 bits per heavy atom. The van der Waals surface area contributed by atoms with Crippen LogP contribution in [-0.4, -0.2) is 25.2 Å². The van der Waals surface area contributed by atoms with Gasteiger partial charge in [0, 0.05) is 5.41 Å². The first-order valence-corrected chi connectivity index (χ1v) is 7.71. The number of nitriles is 2. The van der Waals surface area contributed by atoms with Crippen LogP contribution < -0.4 is 0 Å². The molecule has 2 saturated carbocycles. The number of nitrogens with zero attached hydrogens (tertiary/aromatic N) is 2. The molecular formula is C16H20N2O4. The van der Waals surface area contributed by atoms with Crippen LogP contribution in [0.25, 0.3) is 0 Å². The lowest BCUT2D eigenvalue weighted by Gasteiger charge is -2.24. The minimum atomic E-state index is -1.74. The molecule has 6 nitrogen and oxygen atoms in total. The summed E-state index contributed by atoms with van der Waals surface area (Å²) in [6.07, 6.45) is 3.52. The van der Waals surface area contributed by atoms with Crippen molar-refractivity contribution in [2.24, 2.45) is 16.2 Å². The number of esters is 2. The largest absolute Gasteiger partial charge is 0.465 e. The smallest absolute Gasteiger partial charge is 0.329 e. The Morgan fingerprint density at radius 1 is 0.909 bits per heavy atom. The van der Waals surface area contributed by atoms with Crippen LogP contribution in [0.5, 0.6) is 0 Å². The standard InChI is InChI=1S/C16H20N2O4/c1-3-21-12(19)15(10-17)14(8-6-5-7-9-14)16(15,11-18)13(20)22-4-2/h3-9H2,1-2H3/t15-,16-/m0/s1. The highest BCUT2D eigenvalue weighted by Crippen LogP contribution is 2.83. The van der Waals surface area contributed by atoms with E-state index in [9.17, 15) is 20.1 Å². The van der Waals surface area contributed by atoms with Crippen LogP contribution in [-0.2, 0) is 19.1 Å². The number of hydrogen-bond acceptors (Lipinski definition) is 6. The van der Waals surface area contributed by atoms with E-state index in [0.717, 1.165) is 19.3 Å². The fourth-order valence-electron chi connectivity index (χ4n) is 4.25. The maximum Gasteiger partial charge on any atom is 0.329 e. The molecule has 1 spiro atoms. The maximum atomic E-state index is 12.5. The highest BCUT2D eigenvalue weighted by molar-refractivity contribution is 6.02. The van der Waals surface area contributed by atoms with Crippen molar-refractivity contribution < 1.29 is 19.1 Å². The number of hydrogen-bond donors (Lipinski definition) is 0. The van der Waals surface area contributed by atoms with Crippen molar-refractivity contribution in [1.82, 2.24) is 0 Å². The lowest BCUT2D eigenvalue weighted by Crippen LogP contribution is -2.30. The molecule has 118 valence electrons. The molecule has 0 aliphatic heterocycles. The number of carbonyl (C=O) groups excluding carboxylic acids is 2. The van der Waals surface area contributed by atoms with Crippen molar-refractivity contribution in [2.75, 3.05) is 13.2 Å². The SMILES string of the molecule is CCOC(=O)[C@@]1(C#N)C2(CCCCC2)[C@]1(C#N)C(=O)OCC. The van der Waals surface area contributed by atoms with Gasteiger partial charge in [0.25, 0.3) is 0 Å². The van der Waals surface area contributed by atoms with Crippen molar-refractivity contribution in [2.45, 2.75) is 46.0 Å². The summed E-state index contributed by atoms with van der Waals surface area (Å²) >= 11 is 0. The zero-order valence-electron chi connectivity index (χ0n) is 13.0. The van der Waals surface area contributed by atoms with Gasteiger partial charge in [-0.25, -0.2) is 0 Å². The average Bonchev–Trinajstić information content (AvgIpc) is 3.04. The van der Waals surface area contributed by atoms with Gasteiger partial charge in [-0.1, -0.05) is 19.3 Å². The summed E-state index contributed by atoms with van der Waals surface area (Å²) in [5, 5.41) is 19.5. The minimum Gasteiger partial charge on any atom is -0.465 e. The second-order valence-corrected chi connectivity index (χ2v) is 5.81. The van der Waals surface area contributed by atoms with E-state index < -0.39 is 28.2 Å². The van der Waals surface area contributed by atoms with E-state index in [0.29, 0.717) is 12.8 Å². The van der Waals surface area contributed by atoms with E-state index in [-0.39, 0.29) is 13.2 Å². The third kappa shape index (κ3) is 1.58. The Kier molecular flexibility index (Phi) is 4.15. The van der Waals surface area contributed by atoms with Gasteiger partial charge in [-0.2, -0.15) is 10.5 Å². The summed E-state index contributed by atoms with van der Waals surface area (Å²) in [6, 6.07) is 3.96. The van der Waals surface area contributed by atoms with E-state index in [2.05, 4.69) is 0 Å². The van der Waals surface area contributed by atoms with Crippen molar-refractivity contribution >= 4 is 11.9 Å². The van der Waals surface area contributed by atoms with Gasteiger partial charge >= 0.3 is 11.9 Å². The number of ether oxygens (including phenoxy) is 2. The molecule has 0 unspecified atom stereocenters. The normalized spacial score (nSPS) is 31.6. The molecular weight excluding hydrogens is 284 g/mol. The Morgan fingerprint density at radius 2 is 1.32 bits per heavy atom. The highest BCUT2D eigenvalue weighted by atomic mass is 16.5. The molecule has 2 fully saturated rings. The Hall–Kier alpha value is -2.08. The highest BCUT2D eigenvalue weighted by Gasteiger charge is 2.96. The van der Waals surface area contributed by atoms with Crippen LogP contribution >= 0.6 is 0 Å². The minimum absolute atomic E-state index is 0.0999. The summed E-state index contributed by atoms with van der Waals surface area (Å²) in [5.74, 6) is -1.54. The Balaban J connectivity index is 2.58. The van der Waals surface area contributed by atoms with E-state index in [4.69, 9.17) is 9.47 Å². The molecule has 2 aliphatic carbocycles. The zero-order valence-corrected chi connectivity index (χ0v) is 13.0. The van der Waals surface area contributed by atoms with Gasteiger partial charge in [0.15, 0.2) is 10.8 Å². The predicted molar refractivity (Wildman–Crippen MR) is 74.9 cm³/mol. The molecule has 2 rings (SSSR count). The maximum absolute atomic E-state index is 12.5. The monoisotopic (exact) mass is 304 g/mol. The van der Waals surface area contributed by atoms with E-state index in [1.165, 1.54) is 0 Å². The molecule has 0 heterocycles. The van der Waals surface area contributed by atoms with Crippen molar-refractivity contribution in [3.63, 3.8) is 0 Å². The molecule has 0 aromatic carbocycles. The van der Waals surface area contributed by atoms with Crippen molar-refractivity contribution in [3.8, 4) is 12.1 Å². The summed E-state index contributed by atoms with van der Waals surface area (Å²) in [4.78, 5) is 25.0. The van der Waals surface area contributed by atoms with E-state index >= 15 is 0 Å². The van der Waals surface area contributed by atoms with Crippen LogP contribution in [0.1, 0.15) is 46.0 Å². The zero-order chi connectivity index (χ0) is 16.4. The van der Waals surface area contributed by atoms with Gasteiger partial charge in [0.05, 0.1) is 25.4 Å². The summed E-state index contributed by atoms with van der Waals surface area (Å²) in [6.45, 7) is 3.47. The number of carbonyl (C=O) groups is 2. The topological polar surface area (TPSA) is 100 Å². The van der Waals surface area contributed by atoms with E-state index in [1.54, 1.807) is 13.8 Å². The van der Waals surface area contributed by atoms with Crippen LogP contribution in [0, 0.1) is 38.9 Å². The molecule has 2 aliphatic rings. The third-order valence-corrected chi connectivity index (χ3v) is 5.14. The molecule has 0 bridgehead atoms. The van der Waals surface area contributed by atoms with Crippen LogP contribution in [0.2, 0.25) is 0 Å². The first-order chi connectivity index (χ1) is 10.5. The molecule has 0 N–H and O–H groups in total. The van der Waals surface area contributed by atoms with Gasteiger partial charge in [-0.3, -0.25) is 9.59 Å². The first kappa shape index (κ1) is 16.3. The van der Waals surface area contributed by atoms with Crippen LogP contribution in [0.3, 0.4) is 0 Å². The molecule has 2 atom stereocenters. The van der Waals surface area contributed by atoms with Crippen LogP contribution in [0.4, 0.5) is 0 Å². The third-order valence-electron chi connectivity index (χ3n) is 5.14. The summed E-state index contributed by atoms with van der Waals surface area (Å²) < 4.78 is 10.1. The van der Waals surface area contributed by atoms with Crippen LogP contribution in [0.15, 0.2) is 0 Å². The first-order valence-electron chi connectivity index (χ1n) is 7.71. The van der Waals surface area contributed by atoms with Crippen molar-refractivity contribution in [1.29, 1.82) is 10.5 Å². The fraction of sp³-hybridized carbons (Fsp3) is 0.750. The Bertz CT molecular complexity index is 524. The molecule has 0 radical (unpaired) electrons. The second-order valence-electron chi connectivity index (χ2n) is 5.81. The quantitative estimate of drug-likeness (QED) is 0.737. The molecule has 0 amide bonds.